The molecule has 0 radical (unpaired) electrons. The van der Waals surface area contributed by atoms with Gasteiger partial charge in [-0.1, -0.05) is 12.8 Å². The molecule has 2 aliphatic rings. The minimum Gasteiger partial charge on any atom is -0.440 e. The predicted molar refractivity (Wildman–Crippen MR) is 87.2 cm³/mol. The van der Waals surface area contributed by atoms with Crippen molar-refractivity contribution in [2.45, 2.75) is 50.0 Å². The van der Waals surface area contributed by atoms with Crippen molar-refractivity contribution in [3.05, 3.63) is 24.1 Å². The average Bonchev–Trinajstić information content (AvgIpc) is 3.08. The Bertz CT molecular complexity index is 702. The van der Waals surface area contributed by atoms with E-state index in [1.54, 1.807) is 0 Å². The smallest absolute Gasteiger partial charge is 0.244 e. The van der Waals surface area contributed by atoms with Gasteiger partial charge in [0.05, 0.1) is 5.54 Å². The van der Waals surface area contributed by atoms with Gasteiger partial charge in [0.25, 0.3) is 0 Å². The summed E-state index contributed by atoms with van der Waals surface area (Å²) in [6.45, 7) is 0. The Kier molecular flexibility index (Phi) is 3.87. The Morgan fingerprint density at radius 3 is 2.73 bits per heavy atom. The molecule has 0 bridgehead atoms. The molecule has 1 heterocycles. The third-order valence-corrected chi connectivity index (χ3v) is 4.54. The molecular weight excluding hydrogens is 302 g/mol. The maximum atomic E-state index is 12.3. The summed E-state index contributed by atoms with van der Waals surface area (Å²) in [5.74, 6) is 1.21. The third-order valence-electron chi connectivity index (χ3n) is 4.54. The summed E-state index contributed by atoms with van der Waals surface area (Å²) in [4.78, 5) is 16.8. The summed E-state index contributed by atoms with van der Waals surface area (Å²) >= 11 is 0. The zero-order valence-corrected chi connectivity index (χ0v) is 13.1. The predicted octanol–water partition coefficient (Wildman–Crippen LogP) is 3.34. The summed E-state index contributed by atoms with van der Waals surface area (Å²) in [6.07, 6.45) is 5.89. The summed E-state index contributed by atoms with van der Waals surface area (Å²) in [5, 5.41) is 2.93. The monoisotopic (exact) mass is 321 g/mol. The number of hydrogen-bond donors (Lipinski definition) is 2. The molecule has 1 amide bonds. The Hall–Kier alpha value is -1.59. The second-order valence-electron chi connectivity index (χ2n) is 6.33. The van der Waals surface area contributed by atoms with E-state index in [2.05, 4.69) is 10.3 Å². The Morgan fingerprint density at radius 2 is 2.05 bits per heavy atom. The number of anilines is 1. The number of benzene rings is 1. The number of carbonyl (C=O) groups excluding carboxylic acids is 1. The maximum Gasteiger partial charge on any atom is 0.244 e. The lowest BCUT2D eigenvalue weighted by Crippen LogP contribution is -2.48. The highest BCUT2D eigenvalue weighted by Gasteiger charge is 2.37. The van der Waals surface area contributed by atoms with Crippen LogP contribution < -0.4 is 11.1 Å². The van der Waals surface area contributed by atoms with Crippen molar-refractivity contribution in [3.63, 3.8) is 0 Å². The third kappa shape index (κ3) is 2.71. The number of aromatic nitrogens is 1. The molecule has 2 fully saturated rings. The molecule has 0 unspecified atom stereocenters. The number of nitrogens with zero attached hydrogens (tertiary/aromatic N) is 1. The molecule has 22 heavy (non-hydrogen) atoms. The number of nitrogens with one attached hydrogen (secondary N) is 1. The molecule has 2 aromatic rings. The molecular formula is C16H20ClN3O2. The molecule has 3 N–H and O–H groups in total. The highest BCUT2D eigenvalue weighted by molar-refractivity contribution is 5.99. The van der Waals surface area contributed by atoms with Gasteiger partial charge in [-0.3, -0.25) is 4.79 Å². The number of nitrogens with two attached hydrogens (primary N) is 1. The first-order chi connectivity index (χ1) is 10.1. The summed E-state index contributed by atoms with van der Waals surface area (Å²) in [6, 6.07) is 5.57. The fourth-order valence-corrected chi connectivity index (χ4v) is 3.02. The standard InChI is InChI=1S/C16H19N3O2.ClH/c17-16(7-1-2-8-16)15(20)18-11-5-6-13-12(9-11)19-14(21-13)10-3-4-10;/h5-6,9-10H,1-4,7-8,17H2,(H,18,20);1H. The van der Waals surface area contributed by atoms with Gasteiger partial charge in [-0.05, 0) is 43.9 Å². The van der Waals surface area contributed by atoms with Crippen LogP contribution in [0.5, 0.6) is 0 Å². The van der Waals surface area contributed by atoms with Crippen LogP contribution in [0.1, 0.15) is 50.3 Å². The van der Waals surface area contributed by atoms with Crippen LogP contribution in [0.2, 0.25) is 0 Å². The molecule has 1 aromatic heterocycles. The second kappa shape index (κ2) is 5.56. The van der Waals surface area contributed by atoms with Crippen molar-refractivity contribution in [1.82, 2.24) is 4.98 Å². The van der Waals surface area contributed by atoms with Gasteiger partial charge in [-0.15, -0.1) is 12.4 Å². The highest BCUT2D eigenvalue weighted by atomic mass is 35.5. The Labute approximate surface area is 135 Å². The quantitative estimate of drug-likeness (QED) is 0.908. The van der Waals surface area contributed by atoms with Crippen molar-refractivity contribution < 1.29 is 9.21 Å². The van der Waals surface area contributed by atoms with Crippen LogP contribution in [0.25, 0.3) is 11.1 Å². The van der Waals surface area contributed by atoms with Crippen molar-refractivity contribution >= 4 is 35.1 Å². The van der Waals surface area contributed by atoms with Crippen molar-refractivity contribution in [1.29, 1.82) is 0 Å². The number of halogens is 1. The first-order valence-electron chi connectivity index (χ1n) is 7.65. The van der Waals surface area contributed by atoms with Crippen LogP contribution in [0, 0.1) is 0 Å². The van der Waals surface area contributed by atoms with Gasteiger partial charge in [0.1, 0.15) is 5.52 Å². The van der Waals surface area contributed by atoms with E-state index < -0.39 is 5.54 Å². The zero-order valence-electron chi connectivity index (χ0n) is 12.3. The van der Waals surface area contributed by atoms with Gasteiger partial charge < -0.3 is 15.5 Å². The first-order valence-corrected chi connectivity index (χ1v) is 7.65. The van der Waals surface area contributed by atoms with E-state index in [1.807, 2.05) is 18.2 Å². The molecule has 118 valence electrons. The van der Waals surface area contributed by atoms with Crippen molar-refractivity contribution in [3.8, 4) is 0 Å². The fraction of sp³-hybridized carbons (Fsp3) is 0.500. The Balaban J connectivity index is 0.00000144. The maximum absolute atomic E-state index is 12.3. The van der Waals surface area contributed by atoms with Gasteiger partial charge in [-0.25, -0.2) is 4.98 Å². The molecule has 2 saturated carbocycles. The molecule has 6 heteroatoms. The molecule has 2 aliphatic carbocycles. The molecule has 5 nitrogen and oxygen atoms in total. The average molecular weight is 322 g/mol. The minimum absolute atomic E-state index is 0. The van der Waals surface area contributed by atoms with Gasteiger partial charge in [0.15, 0.2) is 11.5 Å². The van der Waals surface area contributed by atoms with Crippen LogP contribution in [-0.4, -0.2) is 16.4 Å². The molecule has 4 rings (SSSR count). The first kappa shape index (κ1) is 15.3. The summed E-state index contributed by atoms with van der Waals surface area (Å²) < 4.78 is 5.72. The van der Waals surface area contributed by atoms with Crippen LogP contribution in [0.4, 0.5) is 5.69 Å². The SMILES string of the molecule is Cl.NC1(C(=O)Nc2ccc3oc(C4CC4)nc3c2)CCCC1. The van der Waals surface area contributed by atoms with Crippen LogP contribution in [0.3, 0.4) is 0 Å². The number of hydrogen-bond acceptors (Lipinski definition) is 4. The number of fused-ring (bicyclic) bond motifs is 1. The van der Waals surface area contributed by atoms with Crippen molar-refractivity contribution in [2.24, 2.45) is 5.73 Å². The number of rotatable bonds is 3. The molecule has 0 spiro atoms. The largest absolute Gasteiger partial charge is 0.440 e. The van der Waals surface area contributed by atoms with Crippen LogP contribution in [-0.2, 0) is 4.79 Å². The van der Waals surface area contributed by atoms with E-state index in [0.29, 0.717) is 5.92 Å². The number of carbonyl (C=O) groups is 1. The zero-order chi connectivity index (χ0) is 14.4. The second-order valence-corrected chi connectivity index (χ2v) is 6.33. The van der Waals surface area contributed by atoms with Crippen molar-refractivity contribution in [2.75, 3.05) is 5.32 Å². The minimum atomic E-state index is -0.710. The molecule has 1 aromatic carbocycles. The summed E-state index contributed by atoms with van der Waals surface area (Å²) in [5.41, 5.74) is 7.77. The van der Waals surface area contributed by atoms with E-state index >= 15 is 0 Å². The van der Waals surface area contributed by atoms with Gasteiger partial charge in [0.2, 0.25) is 5.91 Å². The molecule has 0 saturated heterocycles. The van der Waals surface area contributed by atoms with Gasteiger partial charge in [0, 0.05) is 11.6 Å². The van der Waals surface area contributed by atoms with E-state index in [1.165, 1.54) is 0 Å². The fourth-order valence-electron chi connectivity index (χ4n) is 3.02. The van der Waals surface area contributed by atoms with E-state index in [-0.39, 0.29) is 18.3 Å². The van der Waals surface area contributed by atoms with Crippen LogP contribution in [0.15, 0.2) is 22.6 Å². The summed E-state index contributed by atoms with van der Waals surface area (Å²) in [7, 11) is 0. The van der Waals surface area contributed by atoms with E-state index in [0.717, 1.165) is 61.2 Å². The van der Waals surface area contributed by atoms with E-state index in [9.17, 15) is 4.79 Å². The van der Waals surface area contributed by atoms with Gasteiger partial charge in [-0.2, -0.15) is 0 Å². The number of oxazole rings is 1. The normalized spacial score (nSPS) is 19.9. The lowest BCUT2D eigenvalue weighted by atomic mass is 9.98. The van der Waals surface area contributed by atoms with Gasteiger partial charge >= 0.3 is 0 Å². The molecule has 0 aliphatic heterocycles. The topological polar surface area (TPSA) is 81.2 Å². The number of amides is 1. The lowest BCUT2D eigenvalue weighted by molar-refractivity contribution is -0.121. The Morgan fingerprint density at radius 1 is 1.32 bits per heavy atom. The van der Waals surface area contributed by atoms with Crippen LogP contribution >= 0.6 is 12.4 Å². The highest BCUT2D eigenvalue weighted by Crippen LogP contribution is 2.40. The molecule has 0 atom stereocenters. The lowest BCUT2D eigenvalue weighted by Gasteiger charge is -2.22. The van der Waals surface area contributed by atoms with E-state index in [4.69, 9.17) is 10.2 Å².